The summed E-state index contributed by atoms with van der Waals surface area (Å²) in [7, 11) is 0. The molecule has 0 aliphatic carbocycles. The fourth-order valence-electron chi connectivity index (χ4n) is 1.28. The lowest BCUT2D eigenvalue weighted by Gasteiger charge is -2.06. The van der Waals surface area contributed by atoms with E-state index in [-0.39, 0.29) is 16.9 Å². The van der Waals surface area contributed by atoms with Crippen molar-refractivity contribution >= 4 is 11.9 Å². The number of rotatable bonds is 4. The van der Waals surface area contributed by atoms with E-state index in [1.807, 2.05) is 0 Å². The summed E-state index contributed by atoms with van der Waals surface area (Å²) in [6, 6.07) is 5.48. The zero-order valence-corrected chi connectivity index (χ0v) is 11.6. The normalized spacial score (nSPS) is 10.9. The minimum Gasteiger partial charge on any atom is -0.510 e. The number of carbonyl (C=O) groups is 2. The summed E-state index contributed by atoms with van der Waals surface area (Å²) < 4.78 is 0. The molecule has 0 heterocycles. The second kappa shape index (κ2) is 8.72. The van der Waals surface area contributed by atoms with Gasteiger partial charge in [0, 0.05) is 0 Å². The van der Waals surface area contributed by atoms with Gasteiger partial charge in [-0.3, -0.25) is 0 Å². The van der Waals surface area contributed by atoms with Crippen LogP contribution in [0.4, 0.5) is 0 Å². The molecule has 21 heavy (non-hydrogen) atoms. The molecule has 0 saturated heterocycles. The van der Waals surface area contributed by atoms with Gasteiger partial charge in [0.2, 0.25) is 0 Å². The Morgan fingerprint density at radius 3 is 1.57 bits per heavy atom. The largest absolute Gasteiger partial charge is 0.510 e. The fraction of sp³-hybridized carbons (Fsp3) is 0.286. The molecule has 7 heteroatoms. The van der Waals surface area contributed by atoms with E-state index in [9.17, 15) is 9.59 Å². The maximum Gasteiger partial charge on any atom is 0.336 e. The average Bonchev–Trinajstić information content (AvgIpc) is 2.45. The Balaban J connectivity index is 0.000000400. The van der Waals surface area contributed by atoms with Gasteiger partial charge in [0.05, 0.1) is 17.7 Å². The molecule has 0 aromatic heterocycles. The quantitative estimate of drug-likeness (QED) is 0.528. The molecule has 0 spiro atoms. The summed E-state index contributed by atoms with van der Waals surface area (Å²) in [6.45, 7) is 2.89. The summed E-state index contributed by atoms with van der Waals surface area (Å²) in [5.74, 6) is -2.60. The molecule has 1 rings (SSSR count). The number of hydrogen-bond acceptors (Lipinski definition) is 5. The van der Waals surface area contributed by atoms with Crippen LogP contribution in [0.5, 0.6) is 0 Å². The predicted molar refractivity (Wildman–Crippen MR) is 74.5 cm³/mol. The first-order valence-electron chi connectivity index (χ1n) is 5.93. The van der Waals surface area contributed by atoms with Crippen LogP contribution >= 0.6 is 0 Å². The van der Waals surface area contributed by atoms with Crippen LogP contribution in [0.25, 0.3) is 0 Å². The van der Waals surface area contributed by atoms with E-state index in [0.717, 1.165) is 0 Å². The molecule has 116 valence electrons. The zero-order valence-electron chi connectivity index (χ0n) is 11.6. The highest BCUT2D eigenvalue weighted by Gasteiger charge is 2.13. The van der Waals surface area contributed by atoms with Gasteiger partial charge in [-0.25, -0.2) is 9.59 Å². The van der Waals surface area contributed by atoms with Crippen LogP contribution in [0, 0.1) is 0 Å². The molecule has 1 atom stereocenters. The Hall–Kier alpha value is -2.38. The average molecular weight is 298 g/mol. The fourth-order valence-corrected chi connectivity index (χ4v) is 1.28. The number of aromatic carboxylic acids is 2. The van der Waals surface area contributed by atoms with Crippen molar-refractivity contribution in [2.45, 2.75) is 20.0 Å². The van der Waals surface area contributed by atoms with Gasteiger partial charge in [0.1, 0.15) is 11.9 Å². The summed E-state index contributed by atoms with van der Waals surface area (Å²) in [6.07, 6.45) is -1.12. The number of benzene rings is 1. The Morgan fingerprint density at radius 2 is 1.38 bits per heavy atom. The monoisotopic (exact) mass is 298 g/mol. The molecule has 7 nitrogen and oxygen atoms in total. The lowest BCUT2D eigenvalue weighted by atomic mass is 10.1. The van der Waals surface area contributed by atoms with Crippen LogP contribution in [0.2, 0.25) is 0 Å². The first-order valence-corrected chi connectivity index (χ1v) is 5.93. The van der Waals surface area contributed by atoms with E-state index in [1.165, 1.54) is 24.3 Å². The van der Waals surface area contributed by atoms with E-state index in [1.54, 1.807) is 13.8 Å². The molecule has 0 saturated carbocycles. The third-order valence-electron chi connectivity index (χ3n) is 2.39. The molecule has 0 aliphatic rings. The molecular formula is C14H18O7. The highest BCUT2D eigenvalue weighted by molar-refractivity contribution is 6.01. The van der Waals surface area contributed by atoms with Crippen LogP contribution in [0.15, 0.2) is 35.6 Å². The van der Waals surface area contributed by atoms with E-state index in [2.05, 4.69) is 0 Å². The molecule has 0 radical (unpaired) electrons. The van der Waals surface area contributed by atoms with Crippen LogP contribution < -0.4 is 0 Å². The smallest absolute Gasteiger partial charge is 0.336 e. The molecule has 0 amide bonds. The lowest BCUT2D eigenvalue weighted by Crippen LogP contribution is -2.15. The van der Waals surface area contributed by atoms with Crippen LogP contribution in [-0.2, 0) is 0 Å². The van der Waals surface area contributed by atoms with Crippen LogP contribution in [0.1, 0.15) is 34.6 Å². The molecule has 1 aromatic carbocycles. The highest BCUT2D eigenvalue weighted by Crippen LogP contribution is 2.07. The van der Waals surface area contributed by atoms with Crippen molar-refractivity contribution in [2.75, 3.05) is 6.61 Å². The van der Waals surface area contributed by atoms with Gasteiger partial charge in [-0.05, 0) is 31.6 Å². The van der Waals surface area contributed by atoms with Crippen molar-refractivity contribution < 1.29 is 35.1 Å². The van der Waals surface area contributed by atoms with E-state index >= 15 is 0 Å². The molecule has 5 N–H and O–H groups in total. The Morgan fingerprint density at radius 1 is 1.00 bits per heavy atom. The van der Waals surface area contributed by atoms with Gasteiger partial charge in [-0.1, -0.05) is 12.1 Å². The van der Waals surface area contributed by atoms with Gasteiger partial charge >= 0.3 is 11.9 Å². The minimum absolute atomic E-state index is 0.141. The molecule has 1 aromatic rings. The third-order valence-corrected chi connectivity index (χ3v) is 2.39. The van der Waals surface area contributed by atoms with Crippen molar-refractivity contribution in [3.63, 3.8) is 0 Å². The number of aliphatic hydroxyl groups excluding tert-OH is 3. The van der Waals surface area contributed by atoms with Crippen molar-refractivity contribution in [1.82, 2.24) is 0 Å². The zero-order chi connectivity index (χ0) is 16.6. The first kappa shape index (κ1) is 18.6. The van der Waals surface area contributed by atoms with Crippen molar-refractivity contribution in [2.24, 2.45) is 0 Å². The second-order valence-corrected chi connectivity index (χ2v) is 4.24. The topological polar surface area (TPSA) is 135 Å². The molecule has 0 fully saturated rings. The Kier molecular flexibility index (Phi) is 7.74. The SMILES string of the molecule is CC(C)=C(O)C(O)CO.O=C(O)c1ccccc1C(=O)O. The van der Waals surface area contributed by atoms with Gasteiger partial charge in [-0.15, -0.1) is 0 Å². The number of carboxylic acid groups (broad SMARTS) is 2. The molecule has 1 unspecified atom stereocenters. The maximum absolute atomic E-state index is 10.5. The van der Waals surface area contributed by atoms with E-state index in [0.29, 0.717) is 5.57 Å². The molecule has 0 bridgehead atoms. The van der Waals surface area contributed by atoms with Crippen LogP contribution in [-0.4, -0.2) is 50.2 Å². The first-order chi connectivity index (χ1) is 9.72. The van der Waals surface area contributed by atoms with E-state index in [4.69, 9.17) is 25.5 Å². The number of aliphatic hydroxyl groups is 3. The van der Waals surface area contributed by atoms with Crippen LogP contribution in [0.3, 0.4) is 0 Å². The standard InChI is InChI=1S/C8H6O4.C6H12O3/c9-7(10)5-3-1-2-4-6(5)8(11)12;1-4(2)6(9)5(8)3-7/h1-4H,(H,9,10)(H,11,12);5,7-9H,3H2,1-2H3. The van der Waals surface area contributed by atoms with Gasteiger partial charge in [-0.2, -0.15) is 0 Å². The maximum atomic E-state index is 10.5. The van der Waals surface area contributed by atoms with Crippen molar-refractivity contribution in [3.05, 3.63) is 46.7 Å². The Labute approximate surface area is 121 Å². The summed E-state index contributed by atoms with van der Waals surface area (Å²) in [4.78, 5) is 20.9. The number of carboxylic acids is 2. The summed E-state index contributed by atoms with van der Waals surface area (Å²) >= 11 is 0. The second-order valence-electron chi connectivity index (χ2n) is 4.24. The molecular weight excluding hydrogens is 280 g/mol. The minimum atomic E-state index is -1.23. The summed E-state index contributed by atoms with van der Waals surface area (Å²) in [5.41, 5.74) is 0.242. The van der Waals surface area contributed by atoms with Crippen molar-refractivity contribution in [1.29, 1.82) is 0 Å². The van der Waals surface area contributed by atoms with E-state index < -0.39 is 24.6 Å². The summed E-state index contributed by atoms with van der Waals surface area (Å²) in [5, 5.41) is 43.0. The van der Waals surface area contributed by atoms with Gasteiger partial charge in [0.25, 0.3) is 0 Å². The van der Waals surface area contributed by atoms with Crippen molar-refractivity contribution in [3.8, 4) is 0 Å². The number of hydrogen-bond donors (Lipinski definition) is 5. The Bertz CT molecular complexity index is 497. The predicted octanol–water partition coefficient (Wildman–Crippen LogP) is 1.27. The highest BCUT2D eigenvalue weighted by atomic mass is 16.4. The number of allylic oxidation sites excluding steroid dienone is 1. The lowest BCUT2D eigenvalue weighted by molar-refractivity contribution is 0.0651. The molecule has 0 aliphatic heterocycles. The van der Waals surface area contributed by atoms with Gasteiger partial charge < -0.3 is 25.5 Å². The third kappa shape index (κ3) is 6.07. The van der Waals surface area contributed by atoms with Gasteiger partial charge in [0.15, 0.2) is 0 Å².